The maximum absolute atomic E-state index is 12.3. The van der Waals surface area contributed by atoms with Crippen molar-refractivity contribution < 1.29 is 24.2 Å². The van der Waals surface area contributed by atoms with Crippen LogP contribution in [0.5, 0.6) is 5.75 Å². The van der Waals surface area contributed by atoms with Crippen LogP contribution in [0.15, 0.2) is 21.3 Å². The van der Waals surface area contributed by atoms with Crippen LogP contribution in [0.1, 0.15) is 29.5 Å². The number of phenols is 1. The van der Waals surface area contributed by atoms with Gasteiger partial charge in [0.2, 0.25) is 5.91 Å². The van der Waals surface area contributed by atoms with Crippen molar-refractivity contribution in [2.75, 3.05) is 12.0 Å². The summed E-state index contributed by atoms with van der Waals surface area (Å²) in [5.41, 5.74) is 1.32. The summed E-state index contributed by atoms with van der Waals surface area (Å²) in [4.78, 5) is 35.7. The molecule has 0 aliphatic carbocycles. The fourth-order valence-corrected chi connectivity index (χ4v) is 3.34. The summed E-state index contributed by atoms with van der Waals surface area (Å²) in [6.45, 7) is 3.43. The van der Waals surface area contributed by atoms with Crippen molar-refractivity contribution in [3.63, 3.8) is 0 Å². The van der Waals surface area contributed by atoms with Gasteiger partial charge in [-0.1, -0.05) is 0 Å². The highest BCUT2D eigenvalue weighted by molar-refractivity contribution is 7.98. The number of carbonyl (C=O) groups is 2. The van der Waals surface area contributed by atoms with Gasteiger partial charge in [0.15, 0.2) is 0 Å². The second kappa shape index (κ2) is 8.94. The summed E-state index contributed by atoms with van der Waals surface area (Å²) in [5, 5.41) is 22.1. The minimum atomic E-state index is -1.07. The maximum atomic E-state index is 12.3. The Morgan fingerprint density at radius 2 is 1.96 bits per heavy atom. The second-order valence-corrected chi connectivity index (χ2v) is 7.30. The molecule has 0 fully saturated rings. The number of fused-ring (bicyclic) bond motifs is 1. The lowest BCUT2D eigenvalue weighted by atomic mass is 10.00. The Balaban J connectivity index is 2.17. The summed E-state index contributed by atoms with van der Waals surface area (Å²) < 4.78 is 5.35. The van der Waals surface area contributed by atoms with Crippen molar-refractivity contribution in [1.82, 2.24) is 5.32 Å². The lowest BCUT2D eigenvalue weighted by Gasteiger charge is -2.14. The van der Waals surface area contributed by atoms with E-state index in [1.54, 1.807) is 19.9 Å². The van der Waals surface area contributed by atoms with Gasteiger partial charge in [-0.25, -0.2) is 9.59 Å². The Labute approximate surface area is 160 Å². The van der Waals surface area contributed by atoms with Gasteiger partial charge in [0, 0.05) is 22.9 Å². The molecular weight excluding hydrogens is 370 g/mol. The van der Waals surface area contributed by atoms with Crippen LogP contribution in [0, 0.1) is 13.8 Å². The quantitative estimate of drug-likeness (QED) is 0.590. The molecule has 0 saturated heterocycles. The van der Waals surface area contributed by atoms with E-state index in [9.17, 15) is 24.6 Å². The molecule has 0 bridgehead atoms. The van der Waals surface area contributed by atoms with Gasteiger partial charge in [-0.3, -0.25) is 4.79 Å². The predicted molar refractivity (Wildman–Crippen MR) is 105 cm³/mol. The van der Waals surface area contributed by atoms with Crippen molar-refractivity contribution in [3.8, 4) is 5.75 Å². The zero-order valence-corrected chi connectivity index (χ0v) is 16.3. The fourth-order valence-electron chi connectivity index (χ4n) is 2.87. The molecule has 27 heavy (non-hydrogen) atoms. The first-order valence-corrected chi connectivity index (χ1v) is 9.91. The van der Waals surface area contributed by atoms with Crippen LogP contribution in [0.3, 0.4) is 0 Å². The molecule has 2 aromatic rings. The Bertz CT molecular complexity index is 921. The molecule has 1 heterocycles. The molecule has 0 unspecified atom stereocenters. The van der Waals surface area contributed by atoms with Crippen LogP contribution in [0.2, 0.25) is 0 Å². The van der Waals surface area contributed by atoms with Crippen LogP contribution < -0.4 is 10.9 Å². The fraction of sp³-hybridized carbons (Fsp3) is 0.421. The van der Waals surface area contributed by atoms with Gasteiger partial charge in [0.05, 0.1) is 0 Å². The van der Waals surface area contributed by atoms with Crippen molar-refractivity contribution in [2.24, 2.45) is 0 Å². The van der Waals surface area contributed by atoms with Gasteiger partial charge in [-0.2, -0.15) is 11.8 Å². The predicted octanol–water partition coefficient (Wildman–Crippen LogP) is 2.37. The van der Waals surface area contributed by atoms with E-state index in [1.807, 2.05) is 6.26 Å². The van der Waals surface area contributed by atoms with Gasteiger partial charge in [0.1, 0.15) is 17.4 Å². The highest BCUT2D eigenvalue weighted by Gasteiger charge is 2.20. The zero-order valence-electron chi connectivity index (χ0n) is 15.5. The number of thioether (sulfide) groups is 1. The number of aromatic hydroxyl groups is 1. The number of carbonyl (C=O) groups excluding carboxylic acids is 1. The first-order chi connectivity index (χ1) is 12.8. The number of benzene rings is 1. The molecule has 1 atom stereocenters. The van der Waals surface area contributed by atoms with E-state index in [2.05, 4.69) is 5.32 Å². The number of nitrogens with one attached hydrogen (secondary N) is 1. The third-order valence-electron chi connectivity index (χ3n) is 4.52. The highest BCUT2D eigenvalue weighted by atomic mass is 32.2. The second-order valence-electron chi connectivity index (χ2n) is 6.32. The van der Waals surface area contributed by atoms with Crippen LogP contribution in [0.25, 0.3) is 11.0 Å². The molecule has 8 heteroatoms. The smallest absolute Gasteiger partial charge is 0.339 e. The molecule has 0 saturated carbocycles. The number of carboxylic acids is 1. The molecular formula is C19H23NO6S. The Morgan fingerprint density at radius 3 is 2.59 bits per heavy atom. The van der Waals surface area contributed by atoms with E-state index < -0.39 is 23.5 Å². The Hall–Kier alpha value is -2.48. The van der Waals surface area contributed by atoms with Crippen LogP contribution in [-0.4, -0.2) is 40.1 Å². The molecule has 7 nitrogen and oxygen atoms in total. The largest absolute Gasteiger partial charge is 0.508 e. The number of aliphatic carboxylic acids is 1. The van der Waals surface area contributed by atoms with Crippen LogP contribution in [-0.2, 0) is 16.0 Å². The van der Waals surface area contributed by atoms with Crippen molar-refractivity contribution in [2.45, 2.75) is 39.2 Å². The van der Waals surface area contributed by atoms with E-state index in [1.165, 1.54) is 17.8 Å². The third-order valence-corrected chi connectivity index (χ3v) is 5.17. The Morgan fingerprint density at radius 1 is 1.26 bits per heavy atom. The molecule has 146 valence electrons. The number of phenolic OH excluding ortho intramolecular Hbond substituents is 1. The number of hydrogen-bond donors (Lipinski definition) is 3. The molecule has 0 aliphatic heterocycles. The van der Waals surface area contributed by atoms with Crippen molar-refractivity contribution in [1.29, 1.82) is 0 Å². The summed E-state index contributed by atoms with van der Waals surface area (Å²) in [5.74, 6) is -0.836. The topological polar surface area (TPSA) is 117 Å². The van der Waals surface area contributed by atoms with Gasteiger partial charge in [-0.05, 0) is 56.4 Å². The summed E-state index contributed by atoms with van der Waals surface area (Å²) in [6.07, 6.45) is 2.33. The lowest BCUT2D eigenvalue weighted by Crippen LogP contribution is -2.41. The molecule has 1 aromatic heterocycles. The van der Waals surface area contributed by atoms with E-state index in [4.69, 9.17) is 4.42 Å². The molecule has 2 rings (SSSR count). The zero-order chi connectivity index (χ0) is 20.1. The Kier molecular flexibility index (Phi) is 6.90. The number of amides is 1. The molecule has 0 spiro atoms. The van der Waals surface area contributed by atoms with Gasteiger partial charge >= 0.3 is 11.6 Å². The number of carboxylic acid groups (broad SMARTS) is 1. The van der Waals surface area contributed by atoms with Crippen molar-refractivity contribution in [3.05, 3.63) is 39.2 Å². The summed E-state index contributed by atoms with van der Waals surface area (Å²) >= 11 is 1.51. The molecule has 1 aromatic carbocycles. The number of rotatable bonds is 8. The third kappa shape index (κ3) is 4.82. The van der Waals surface area contributed by atoms with Gasteiger partial charge < -0.3 is 19.9 Å². The monoisotopic (exact) mass is 393 g/mol. The van der Waals surface area contributed by atoms with E-state index in [0.717, 1.165) is 0 Å². The van der Waals surface area contributed by atoms with Crippen LogP contribution in [0.4, 0.5) is 0 Å². The number of aryl methyl sites for hydroxylation is 2. The minimum absolute atomic E-state index is 0.0166. The molecule has 0 radical (unpaired) electrons. The average Bonchev–Trinajstić information content (AvgIpc) is 2.61. The van der Waals surface area contributed by atoms with E-state index in [0.29, 0.717) is 39.8 Å². The van der Waals surface area contributed by atoms with Crippen LogP contribution >= 0.6 is 11.8 Å². The van der Waals surface area contributed by atoms with Crippen molar-refractivity contribution >= 4 is 34.6 Å². The highest BCUT2D eigenvalue weighted by Crippen LogP contribution is 2.28. The summed E-state index contributed by atoms with van der Waals surface area (Å²) in [6, 6.07) is 2.26. The number of hydrogen-bond acceptors (Lipinski definition) is 6. The molecule has 0 aliphatic rings. The average molecular weight is 393 g/mol. The summed E-state index contributed by atoms with van der Waals surface area (Å²) in [7, 11) is 0. The first kappa shape index (κ1) is 20.8. The minimum Gasteiger partial charge on any atom is -0.508 e. The molecule has 3 N–H and O–H groups in total. The maximum Gasteiger partial charge on any atom is 0.339 e. The van der Waals surface area contributed by atoms with E-state index >= 15 is 0 Å². The van der Waals surface area contributed by atoms with Gasteiger partial charge in [-0.15, -0.1) is 0 Å². The standard InChI is InChI=1S/C19H23NO6S/c1-10-12-4-6-15(21)11(2)17(12)26-19(25)13(10)5-7-16(22)20-14(18(23)24)8-9-27-3/h4,6,14,21H,5,7-9H2,1-3H3,(H,20,22)(H,23,24)/t14-/m0/s1. The SMILES string of the molecule is CSCC[C@H](NC(=O)CCc1c(C)c2ccc(O)c(C)c2oc1=O)C(=O)O. The van der Waals surface area contributed by atoms with Gasteiger partial charge in [0.25, 0.3) is 0 Å². The lowest BCUT2D eigenvalue weighted by molar-refractivity contribution is -0.141. The van der Waals surface area contributed by atoms with E-state index in [-0.39, 0.29) is 18.6 Å². The molecule has 1 amide bonds. The normalized spacial score (nSPS) is 12.1. The first-order valence-electron chi connectivity index (χ1n) is 8.52.